The molecule has 1 unspecified atom stereocenters. The highest BCUT2D eigenvalue weighted by Crippen LogP contribution is 2.30. The van der Waals surface area contributed by atoms with E-state index >= 15 is 0 Å². The molecule has 128 valence electrons. The molecule has 24 heavy (non-hydrogen) atoms. The number of benzene rings is 1. The fourth-order valence-electron chi connectivity index (χ4n) is 2.84. The van der Waals surface area contributed by atoms with E-state index in [9.17, 15) is 24.5 Å². The molecule has 2 rings (SSSR count). The second-order valence-corrected chi connectivity index (χ2v) is 5.55. The lowest BCUT2D eigenvalue weighted by Gasteiger charge is -2.27. The van der Waals surface area contributed by atoms with E-state index in [1.807, 2.05) is 0 Å². The molecule has 0 heterocycles. The summed E-state index contributed by atoms with van der Waals surface area (Å²) < 4.78 is 0. The number of nitrogens with one attached hydrogen (secondary N) is 2. The summed E-state index contributed by atoms with van der Waals surface area (Å²) in [6.45, 7) is 0. The van der Waals surface area contributed by atoms with Gasteiger partial charge in [-0.25, -0.2) is 0 Å². The van der Waals surface area contributed by atoms with E-state index in [1.165, 1.54) is 24.3 Å². The average molecular weight is 335 g/mol. The average Bonchev–Trinajstić information content (AvgIpc) is 2.59. The molecule has 0 saturated heterocycles. The second-order valence-electron chi connectivity index (χ2n) is 5.55. The van der Waals surface area contributed by atoms with Crippen molar-refractivity contribution < 1.29 is 24.4 Å². The Morgan fingerprint density at radius 2 is 1.71 bits per heavy atom. The molecule has 9 nitrogen and oxygen atoms in total. The largest absolute Gasteiger partial charge is 0.481 e. The zero-order valence-electron chi connectivity index (χ0n) is 12.7. The molecule has 0 aliphatic heterocycles. The van der Waals surface area contributed by atoms with Crippen molar-refractivity contribution in [2.24, 2.45) is 11.8 Å². The van der Waals surface area contributed by atoms with Crippen molar-refractivity contribution in [3.05, 3.63) is 39.9 Å². The first kappa shape index (κ1) is 17.4. The van der Waals surface area contributed by atoms with Gasteiger partial charge in [0.05, 0.1) is 16.8 Å². The molecule has 0 aromatic heterocycles. The quantitative estimate of drug-likeness (QED) is 0.559. The van der Waals surface area contributed by atoms with Crippen molar-refractivity contribution in [3.8, 4) is 0 Å². The third-order valence-corrected chi connectivity index (χ3v) is 4.06. The van der Waals surface area contributed by atoms with E-state index in [0.717, 1.165) is 12.8 Å². The predicted octanol–water partition coefficient (Wildman–Crippen LogP) is 1.25. The zero-order valence-corrected chi connectivity index (χ0v) is 12.7. The molecular formula is C15H17N3O6. The highest BCUT2D eigenvalue weighted by atomic mass is 16.6. The summed E-state index contributed by atoms with van der Waals surface area (Å²) in [7, 11) is 0. The second kappa shape index (κ2) is 7.53. The van der Waals surface area contributed by atoms with Crippen molar-refractivity contribution in [2.75, 3.05) is 0 Å². The number of hydrogen-bond donors (Lipinski definition) is 3. The summed E-state index contributed by atoms with van der Waals surface area (Å²) in [6, 6.07) is 5.33. The molecule has 1 aromatic rings. The molecule has 1 aliphatic carbocycles. The first-order chi connectivity index (χ1) is 11.4. The lowest BCUT2D eigenvalue weighted by Crippen LogP contribution is -2.48. The lowest BCUT2D eigenvalue weighted by molar-refractivity contribution is -0.385. The molecule has 3 N–H and O–H groups in total. The monoisotopic (exact) mass is 335 g/mol. The van der Waals surface area contributed by atoms with Crippen molar-refractivity contribution in [2.45, 2.75) is 25.7 Å². The number of amides is 2. The predicted molar refractivity (Wildman–Crippen MR) is 81.8 cm³/mol. The van der Waals surface area contributed by atoms with Crippen molar-refractivity contribution in [1.29, 1.82) is 0 Å². The maximum atomic E-state index is 12.1. The van der Waals surface area contributed by atoms with Crippen molar-refractivity contribution >= 4 is 23.5 Å². The van der Waals surface area contributed by atoms with Crippen LogP contribution in [0, 0.1) is 22.0 Å². The minimum absolute atomic E-state index is 0.193. The first-order valence-corrected chi connectivity index (χ1v) is 7.48. The Morgan fingerprint density at radius 1 is 1.08 bits per heavy atom. The van der Waals surface area contributed by atoms with E-state index in [0.29, 0.717) is 12.8 Å². The fraction of sp³-hybridized carbons (Fsp3) is 0.400. The van der Waals surface area contributed by atoms with Gasteiger partial charge in [0.15, 0.2) is 0 Å². The Balaban J connectivity index is 2.02. The Labute approximate surface area is 137 Å². The standard InChI is InChI=1S/C15H17N3O6/c19-13(9-5-1-2-6-10(9)15(21)22)16-17-14(20)11-7-3-4-8-12(11)18(23)24/h3-4,7-10H,1-2,5-6H2,(H,16,19)(H,17,20)(H,21,22)/t9?,10-/m0/s1. The number of carbonyl (C=O) groups excluding carboxylic acids is 2. The molecule has 1 fully saturated rings. The number of carboxylic acids is 1. The van der Waals surface area contributed by atoms with Crippen molar-refractivity contribution in [3.63, 3.8) is 0 Å². The van der Waals surface area contributed by atoms with Crippen LogP contribution in [-0.4, -0.2) is 27.8 Å². The molecular weight excluding hydrogens is 318 g/mol. The summed E-state index contributed by atoms with van der Waals surface area (Å²) >= 11 is 0. The fourth-order valence-corrected chi connectivity index (χ4v) is 2.84. The van der Waals surface area contributed by atoms with Crippen LogP contribution in [0.3, 0.4) is 0 Å². The molecule has 0 radical (unpaired) electrons. The maximum Gasteiger partial charge on any atom is 0.307 e. The third kappa shape index (κ3) is 3.86. The summed E-state index contributed by atoms with van der Waals surface area (Å²) in [5, 5.41) is 20.1. The maximum absolute atomic E-state index is 12.1. The Bertz CT molecular complexity index is 675. The molecule has 0 spiro atoms. The number of aliphatic carboxylic acids is 1. The Morgan fingerprint density at radius 3 is 2.33 bits per heavy atom. The number of nitrogens with zero attached hydrogens (tertiary/aromatic N) is 1. The molecule has 1 saturated carbocycles. The van der Waals surface area contributed by atoms with E-state index in [-0.39, 0.29) is 11.3 Å². The molecule has 9 heteroatoms. The van der Waals surface area contributed by atoms with Gasteiger partial charge in [-0.1, -0.05) is 25.0 Å². The summed E-state index contributed by atoms with van der Waals surface area (Å²) in [4.78, 5) is 45.6. The van der Waals surface area contributed by atoms with Crippen LogP contribution in [-0.2, 0) is 9.59 Å². The zero-order chi connectivity index (χ0) is 17.7. The van der Waals surface area contributed by atoms with E-state index in [4.69, 9.17) is 5.11 Å². The Kier molecular flexibility index (Phi) is 5.46. The van der Waals surface area contributed by atoms with Gasteiger partial charge in [0.2, 0.25) is 5.91 Å². The van der Waals surface area contributed by atoms with Crippen LogP contribution in [0.5, 0.6) is 0 Å². The number of rotatable bonds is 4. The van der Waals surface area contributed by atoms with Crippen LogP contribution in [0.2, 0.25) is 0 Å². The topological polar surface area (TPSA) is 139 Å². The lowest BCUT2D eigenvalue weighted by atomic mass is 9.79. The van der Waals surface area contributed by atoms with Crippen LogP contribution < -0.4 is 10.9 Å². The highest BCUT2D eigenvalue weighted by Gasteiger charge is 2.36. The third-order valence-electron chi connectivity index (χ3n) is 4.06. The molecule has 2 amide bonds. The number of carboxylic acid groups (broad SMARTS) is 1. The van der Waals surface area contributed by atoms with Gasteiger partial charge in [-0.3, -0.25) is 35.3 Å². The molecule has 2 atom stereocenters. The van der Waals surface area contributed by atoms with Crippen LogP contribution >= 0.6 is 0 Å². The molecule has 0 bridgehead atoms. The number of para-hydroxylation sites is 1. The summed E-state index contributed by atoms with van der Waals surface area (Å²) in [6.07, 6.45) is 2.30. The van der Waals surface area contributed by atoms with Gasteiger partial charge in [0.25, 0.3) is 11.6 Å². The van der Waals surface area contributed by atoms with Crippen LogP contribution in [0.1, 0.15) is 36.0 Å². The van der Waals surface area contributed by atoms with E-state index in [2.05, 4.69) is 10.9 Å². The summed E-state index contributed by atoms with van der Waals surface area (Å²) in [5.74, 6) is -4.00. The van der Waals surface area contributed by atoms with Gasteiger partial charge in [-0.2, -0.15) is 0 Å². The van der Waals surface area contributed by atoms with Crippen LogP contribution in [0.15, 0.2) is 24.3 Å². The van der Waals surface area contributed by atoms with Gasteiger partial charge < -0.3 is 5.11 Å². The minimum atomic E-state index is -1.04. The number of hydrogen-bond acceptors (Lipinski definition) is 5. The van der Waals surface area contributed by atoms with Gasteiger partial charge in [-0.15, -0.1) is 0 Å². The van der Waals surface area contributed by atoms with Gasteiger partial charge in [0.1, 0.15) is 5.56 Å². The van der Waals surface area contributed by atoms with Gasteiger partial charge in [0, 0.05) is 6.07 Å². The minimum Gasteiger partial charge on any atom is -0.481 e. The van der Waals surface area contributed by atoms with E-state index in [1.54, 1.807) is 0 Å². The Hall–Kier alpha value is -2.97. The van der Waals surface area contributed by atoms with E-state index < -0.39 is 34.5 Å². The SMILES string of the molecule is O=C(NNC(=O)C1CCCC[C@@H]1C(=O)O)c1ccccc1[N+](=O)[O-]. The highest BCUT2D eigenvalue weighted by molar-refractivity contribution is 5.99. The molecule has 1 aliphatic rings. The number of carbonyl (C=O) groups is 3. The van der Waals surface area contributed by atoms with Crippen LogP contribution in [0.25, 0.3) is 0 Å². The van der Waals surface area contributed by atoms with Gasteiger partial charge in [-0.05, 0) is 18.9 Å². The normalized spacial score (nSPS) is 20.0. The number of hydrazine groups is 1. The van der Waals surface area contributed by atoms with Gasteiger partial charge >= 0.3 is 5.97 Å². The number of nitro benzene ring substituents is 1. The number of nitro groups is 1. The van der Waals surface area contributed by atoms with Crippen LogP contribution in [0.4, 0.5) is 5.69 Å². The van der Waals surface area contributed by atoms with Crippen molar-refractivity contribution in [1.82, 2.24) is 10.9 Å². The smallest absolute Gasteiger partial charge is 0.307 e. The molecule has 1 aromatic carbocycles. The summed E-state index contributed by atoms with van der Waals surface area (Å²) in [5.41, 5.74) is 3.71. The first-order valence-electron chi connectivity index (χ1n) is 7.48.